The molecule has 0 atom stereocenters. The lowest BCUT2D eigenvalue weighted by atomic mass is 10.1. The van der Waals surface area contributed by atoms with Gasteiger partial charge in [0.15, 0.2) is 0 Å². The van der Waals surface area contributed by atoms with E-state index in [0.29, 0.717) is 30.1 Å². The van der Waals surface area contributed by atoms with Crippen molar-refractivity contribution in [2.45, 2.75) is 20.4 Å². The van der Waals surface area contributed by atoms with Gasteiger partial charge >= 0.3 is 5.69 Å². The standard InChI is InChI=1S/C24H29N5O4/c1-16-9-10-19(13-17(16)2)29-24(32)28(15-18-7-6-8-20(14-18)33-5)23(31)21(26-29)22(30)25-11-12-27(3)4/h6-10,13-14H,11-12,15H2,1-5H3,(H,25,30). The fourth-order valence-corrected chi connectivity index (χ4v) is 3.25. The summed E-state index contributed by atoms with van der Waals surface area (Å²) in [6, 6.07) is 12.5. The van der Waals surface area contributed by atoms with Crippen LogP contribution in [0.4, 0.5) is 0 Å². The van der Waals surface area contributed by atoms with Gasteiger partial charge in [0, 0.05) is 13.1 Å². The number of amides is 1. The van der Waals surface area contributed by atoms with E-state index in [2.05, 4.69) is 10.4 Å². The molecule has 0 unspecified atom stereocenters. The Morgan fingerprint density at radius 1 is 1.09 bits per heavy atom. The Hall–Kier alpha value is -3.72. The molecule has 0 spiro atoms. The molecule has 1 amide bonds. The predicted octanol–water partition coefficient (Wildman–Crippen LogP) is 1.36. The molecule has 33 heavy (non-hydrogen) atoms. The average Bonchev–Trinajstić information content (AvgIpc) is 2.78. The summed E-state index contributed by atoms with van der Waals surface area (Å²) >= 11 is 0. The number of carbonyl (C=O) groups is 1. The lowest BCUT2D eigenvalue weighted by Crippen LogP contribution is -2.46. The molecular weight excluding hydrogens is 422 g/mol. The van der Waals surface area contributed by atoms with Crippen molar-refractivity contribution in [2.75, 3.05) is 34.3 Å². The van der Waals surface area contributed by atoms with E-state index >= 15 is 0 Å². The van der Waals surface area contributed by atoms with Crippen LogP contribution in [-0.4, -0.2) is 59.4 Å². The van der Waals surface area contributed by atoms with E-state index in [0.717, 1.165) is 20.4 Å². The molecule has 9 nitrogen and oxygen atoms in total. The summed E-state index contributed by atoms with van der Waals surface area (Å²) < 4.78 is 7.38. The predicted molar refractivity (Wildman–Crippen MR) is 127 cm³/mol. The molecule has 2 aromatic carbocycles. The monoisotopic (exact) mass is 451 g/mol. The zero-order valence-electron chi connectivity index (χ0n) is 19.6. The maximum Gasteiger partial charge on any atom is 0.352 e. The summed E-state index contributed by atoms with van der Waals surface area (Å²) in [6.07, 6.45) is 0. The number of nitrogens with zero attached hydrogens (tertiary/aromatic N) is 4. The normalized spacial score (nSPS) is 11.0. The molecule has 0 bridgehead atoms. The first-order chi connectivity index (χ1) is 15.7. The lowest BCUT2D eigenvalue weighted by molar-refractivity contribution is 0.0941. The van der Waals surface area contributed by atoms with E-state index in [9.17, 15) is 14.4 Å². The van der Waals surface area contributed by atoms with Crippen molar-refractivity contribution in [2.24, 2.45) is 0 Å². The Morgan fingerprint density at radius 3 is 2.52 bits per heavy atom. The van der Waals surface area contributed by atoms with Crippen LogP contribution in [0.25, 0.3) is 5.69 Å². The summed E-state index contributed by atoms with van der Waals surface area (Å²) in [5, 5.41) is 6.87. The van der Waals surface area contributed by atoms with E-state index in [1.54, 1.807) is 43.5 Å². The van der Waals surface area contributed by atoms with Gasteiger partial charge in [-0.05, 0) is 68.9 Å². The van der Waals surface area contributed by atoms with E-state index in [1.807, 2.05) is 38.9 Å². The Bertz CT molecular complexity index is 1280. The second-order valence-corrected chi connectivity index (χ2v) is 8.11. The average molecular weight is 452 g/mol. The van der Waals surface area contributed by atoms with Gasteiger partial charge in [-0.25, -0.2) is 4.79 Å². The van der Waals surface area contributed by atoms with Gasteiger partial charge in [0.1, 0.15) is 5.75 Å². The Balaban J connectivity index is 2.13. The number of aryl methyl sites for hydroxylation is 2. The molecule has 0 aliphatic heterocycles. The zero-order valence-corrected chi connectivity index (χ0v) is 19.6. The summed E-state index contributed by atoms with van der Waals surface area (Å²) in [7, 11) is 5.30. The van der Waals surface area contributed by atoms with Crippen molar-refractivity contribution in [3.05, 3.63) is 85.7 Å². The molecule has 0 aliphatic carbocycles. The van der Waals surface area contributed by atoms with Crippen LogP contribution in [0.1, 0.15) is 27.2 Å². The maximum atomic E-state index is 13.3. The minimum atomic E-state index is -0.745. The maximum absolute atomic E-state index is 13.3. The topological polar surface area (TPSA) is 98.5 Å². The molecule has 3 rings (SSSR count). The highest BCUT2D eigenvalue weighted by Gasteiger charge is 2.20. The SMILES string of the molecule is COc1cccc(Cn2c(=O)c(C(=O)NCCN(C)C)nn(-c3ccc(C)c(C)c3)c2=O)c1. The highest BCUT2D eigenvalue weighted by Crippen LogP contribution is 2.14. The van der Waals surface area contributed by atoms with Crippen LogP contribution in [0, 0.1) is 13.8 Å². The molecule has 1 aromatic heterocycles. The van der Waals surface area contributed by atoms with Gasteiger partial charge < -0.3 is 15.0 Å². The number of nitrogens with one attached hydrogen (secondary N) is 1. The van der Waals surface area contributed by atoms with Crippen molar-refractivity contribution < 1.29 is 9.53 Å². The minimum absolute atomic E-state index is 0.0276. The third-order valence-corrected chi connectivity index (χ3v) is 5.33. The van der Waals surface area contributed by atoms with Crippen molar-refractivity contribution in [3.63, 3.8) is 0 Å². The number of methoxy groups -OCH3 is 1. The van der Waals surface area contributed by atoms with Gasteiger partial charge in [-0.15, -0.1) is 0 Å². The second kappa shape index (κ2) is 10.3. The molecule has 0 aliphatic rings. The van der Waals surface area contributed by atoms with Crippen molar-refractivity contribution >= 4 is 5.91 Å². The highest BCUT2D eigenvalue weighted by atomic mass is 16.5. The number of hydrogen-bond acceptors (Lipinski definition) is 6. The minimum Gasteiger partial charge on any atom is -0.497 e. The highest BCUT2D eigenvalue weighted by molar-refractivity contribution is 5.91. The van der Waals surface area contributed by atoms with E-state index in [-0.39, 0.29) is 12.2 Å². The molecule has 174 valence electrons. The molecule has 0 saturated heterocycles. The Morgan fingerprint density at radius 2 is 1.85 bits per heavy atom. The molecule has 0 saturated carbocycles. The van der Waals surface area contributed by atoms with E-state index < -0.39 is 17.2 Å². The Kier molecular flexibility index (Phi) is 7.44. The van der Waals surface area contributed by atoms with Crippen LogP contribution in [-0.2, 0) is 6.54 Å². The Labute approximate surface area is 192 Å². The van der Waals surface area contributed by atoms with Gasteiger partial charge in [0.2, 0.25) is 5.69 Å². The number of ether oxygens (including phenoxy) is 1. The quantitative estimate of drug-likeness (QED) is 0.555. The van der Waals surface area contributed by atoms with Crippen LogP contribution in [0.3, 0.4) is 0 Å². The number of aromatic nitrogens is 3. The summed E-state index contributed by atoms with van der Waals surface area (Å²) in [4.78, 5) is 41.2. The second-order valence-electron chi connectivity index (χ2n) is 8.11. The largest absolute Gasteiger partial charge is 0.497 e. The van der Waals surface area contributed by atoms with Crippen LogP contribution < -0.4 is 21.3 Å². The van der Waals surface area contributed by atoms with Crippen LogP contribution in [0.5, 0.6) is 5.75 Å². The molecule has 0 fully saturated rings. The lowest BCUT2D eigenvalue weighted by Gasteiger charge is -2.14. The van der Waals surface area contributed by atoms with Gasteiger partial charge in [-0.2, -0.15) is 9.78 Å². The molecule has 9 heteroatoms. The van der Waals surface area contributed by atoms with Gasteiger partial charge in [-0.3, -0.25) is 14.2 Å². The third-order valence-electron chi connectivity index (χ3n) is 5.33. The first-order valence-corrected chi connectivity index (χ1v) is 10.6. The third kappa shape index (κ3) is 5.56. The van der Waals surface area contributed by atoms with E-state index in [1.165, 1.54) is 0 Å². The number of likely N-dealkylation sites (N-methyl/N-ethyl adjacent to an activating group) is 1. The van der Waals surface area contributed by atoms with Gasteiger partial charge in [0.05, 0.1) is 19.3 Å². The van der Waals surface area contributed by atoms with Gasteiger partial charge in [0.25, 0.3) is 11.5 Å². The number of rotatable bonds is 8. The smallest absolute Gasteiger partial charge is 0.352 e. The van der Waals surface area contributed by atoms with Crippen LogP contribution in [0.2, 0.25) is 0 Å². The first-order valence-electron chi connectivity index (χ1n) is 10.6. The van der Waals surface area contributed by atoms with Crippen LogP contribution in [0.15, 0.2) is 52.1 Å². The fourth-order valence-electron chi connectivity index (χ4n) is 3.25. The summed E-state index contributed by atoms with van der Waals surface area (Å²) in [5.41, 5.74) is 1.47. The molecular formula is C24H29N5O4. The molecule has 1 heterocycles. The fraction of sp³-hybridized carbons (Fsp3) is 0.333. The first kappa shape index (κ1) is 23.9. The van der Waals surface area contributed by atoms with Crippen molar-refractivity contribution in [3.8, 4) is 11.4 Å². The van der Waals surface area contributed by atoms with Gasteiger partial charge in [-0.1, -0.05) is 18.2 Å². The zero-order chi connectivity index (χ0) is 24.1. The number of hydrogen-bond donors (Lipinski definition) is 1. The van der Waals surface area contributed by atoms with Crippen LogP contribution >= 0.6 is 0 Å². The molecule has 0 radical (unpaired) electrons. The molecule has 3 aromatic rings. The number of carbonyl (C=O) groups excluding carboxylic acids is 1. The van der Waals surface area contributed by atoms with Crippen molar-refractivity contribution in [1.29, 1.82) is 0 Å². The molecule has 1 N–H and O–H groups in total. The summed E-state index contributed by atoms with van der Waals surface area (Å²) in [6.45, 7) is 4.79. The van der Waals surface area contributed by atoms with E-state index in [4.69, 9.17) is 4.74 Å². The summed E-state index contributed by atoms with van der Waals surface area (Å²) in [5.74, 6) is -0.0235. The van der Waals surface area contributed by atoms with Crippen molar-refractivity contribution in [1.82, 2.24) is 24.6 Å². The number of benzene rings is 2.